The molecule has 33 heavy (non-hydrogen) atoms. The van der Waals surface area contributed by atoms with Crippen LogP contribution in [0.4, 0.5) is 5.69 Å². The van der Waals surface area contributed by atoms with E-state index in [0.29, 0.717) is 5.75 Å². The van der Waals surface area contributed by atoms with Gasteiger partial charge in [0.2, 0.25) is 15.9 Å². The van der Waals surface area contributed by atoms with Crippen molar-refractivity contribution in [2.45, 2.75) is 4.90 Å². The number of methoxy groups -OCH3 is 4. The van der Waals surface area contributed by atoms with Gasteiger partial charge in [-0.1, -0.05) is 0 Å². The van der Waals surface area contributed by atoms with Gasteiger partial charge in [-0.25, -0.2) is 18.0 Å². The minimum Gasteiger partial charge on any atom is -0.497 e. The van der Waals surface area contributed by atoms with E-state index >= 15 is 0 Å². The fourth-order valence-electron chi connectivity index (χ4n) is 2.81. The minimum atomic E-state index is -4.13. The van der Waals surface area contributed by atoms with Crippen LogP contribution in [-0.2, 0) is 24.3 Å². The van der Waals surface area contributed by atoms with Crippen LogP contribution in [0.15, 0.2) is 41.3 Å². The molecule has 0 atom stereocenters. The van der Waals surface area contributed by atoms with Gasteiger partial charge in [-0.05, 0) is 30.3 Å². The molecule has 0 aliphatic rings. The number of esters is 2. The highest BCUT2D eigenvalue weighted by Gasteiger charge is 2.27. The molecule has 12 heteroatoms. The SMILES string of the molecule is COC(=O)c1cc(NC(=O)CN(C)S(=O)(=O)c2cc(OC)ccc2OC)cc(C(=O)OC)c1. The van der Waals surface area contributed by atoms with Gasteiger partial charge in [0.15, 0.2) is 0 Å². The second-order valence-corrected chi connectivity index (χ2v) is 8.62. The summed E-state index contributed by atoms with van der Waals surface area (Å²) in [5.74, 6) is -1.82. The summed E-state index contributed by atoms with van der Waals surface area (Å²) in [4.78, 5) is 36.2. The second-order valence-electron chi connectivity index (χ2n) is 6.61. The van der Waals surface area contributed by atoms with Crippen LogP contribution in [0.5, 0.6) is 11.5 Å². The van der Waals surface area contributed by atoms with Gasteiger partial charge in [0.05, 0.1) is 46.1 Å². The standard InChI is InChI=1S/C21H24N2O9S/c1-23(33(27,28)18-11-16(29-2)6-7-17(18)30-3)12-19(24)22-15-9-13(20(25)31-4)8-14(10-15)21(26)32-5/h6-11H,12H2,1-5H3,(H,22,24). The Hall–Kier alpha value is -3.64. The average Bonchev–Trinajstić information content (AvgIpc) is 2.81. The van der Waals surface area contributed by atoms with Crippen molar-refractivity contribution in [2.75, 3.05) is 47.3 Å². The summed E-state index contributed by atoms with van der Waals surface area (Å²) >= 11 is 0. The van der Waals surface area contributed by atoms with E-state index in [1.807, 2.05) is 0 Å². The first kappa shape index (κ1) is 25.6. The highest BCUT2D eigenvalue weighted by Crippen LogP contribution is 2.30. The van der Waals surface area contributed by atoms with Crippen molar-refractivity contribution >= 4 is 33.6 Å². The number of carbonyl (C=O) groups excluding carboxylic acids is 3. The molecule has 0 spiro atoms. The zero-order valence-electron chi connectivity index (χ0n) is 18.7. The van der Waals surface area contributed by atoms with Crippen molar-refractivity contribution in [1.29, 1.82) is 0 Å². The van der Waals surface area contributed by atoms with Crippen LogP contribution < -0.4 is 14.8 Å². The van der Waals surface area contributed by atoms with E-state index in [2.05, 4.69) is 14.8 Å². The molecule has 0 aromatic heterocycles. The third-order valence-electron chi connectivity index (χ3n) is 4.48. The van der Waals surface area contributed by atoms with Crippen LogP contribution in [0.2, 0.25) is 0 Å². The molecule has 0 aliphatic heterocycles. The van der Waals surface area contributed by atoms with Crippen molar-refractivity contribution in [1.82, 2.24) is 4.31 Å². The number of hydrogen-bond acceptors (Lipinski definition) is 9. The quantitative estimate of drug-likeness (QED) is 0.530. The highest BCUT2D eigenvalue weighted by molar-refractivity contribution is 7.89. The number of anilines is 1. The summed E-state index contributed by atoms with van der Waals surface area (Å²) in [7, 11) is 2.13. The molecule has 178 valence electrons. The molecule has 0 radical (unpaired) electrons. The van der Waals surface area contributed by atoms with Crippen molar-refractivity contribution in [3.05, 3.63) is 47.5 Å². The van der Waals surface area contributed by atoms with Gasteiger partial charge in [0.25, 0.3) is 0 Å². The Kier molecular flexibility index (Phi) is 8.38. The van der Waals surface area contributed by atoms with Gasteiger partial charge in [-0.3, -0.25) is 4.79 Å². The summed E-state index contributed by atoms with van der Waals surface area (Å²) in [5.41, 5.74) is 0.0728. The number of rotatable bonds is 9. The van der Waals surface area contributed by atoms with Gasteiger partial charge < -0.3 is 24.3 Å². The Bertz CT molecular complexity index is 1130. The molecule has 0 saturated carbocycles. The lowest BCUT2D eigenvalue weighted by Crippen LogP contribution is -2.35. The fourth-order valence-corrected chi connectivity index (χ4v) is 4.11. The Labute approximate surface area is 191 Å². The first-order valence-electron chi connectivity index (χ1n) is 9.37. The molecule has 0 heterocycles. The van der Waals surface area contributed by atoms with Crippen molar-refractivity contribution in [3.63, 3.8) is 0 Å². The highest BCUT2D eigenvalue weighted by atomic mass is 32.2. The molecule has 0 saturated heterocycles. The number of hydrogen-bond donors (Lipinski definition) is 1. The molecular weight excluding hydrogens is 456 g/mol. The monoisotopic (exact) mass is 480 g/mol. The number of carbonyl (C=O) groups is 3. The molecule has 2 rings (SSSR count). The Morgan fingerprint density at radius 3 is 1.94 bits per heavy atom. The van der Waals surface area contributed by atoms with Gasteiger partial charge in [0.1, 0.15) is 16.4 Å². The summed E-state index contributed by atoms with van der Waals surface area (Å²) in [6.45, 7) is -0.571. The molecule has 0 unspecified atom stereocenters. The van der Waals surface area contributed by atoms with E-state index in [1.165, 1.54) is 57.7 Å². The first-order chi connectivity index (χ1) is 15.6. The zero-order valence-corrected chi connectivity index (χ0v) is 19.5. The lowest BCUT2D eigenvalue weighted by molar-refractivity contribution is -0.116. The van der Waals surface area contributed by atoms with E-state index in [9.17, 15) is 22.8 Å². The van der Waals surface area contributed by atoms with Gasteiger partial charge in [-0.2, -0.15) is 4.31 Å². The molecule has 0 bridgehead atoms. The molecule has 0 fully saturated rings. The van der Waals surface area contributed by atoms with E-state index in [1.54, 1.807) is 0 Å². The van der Waals surface area contributed by atoms with E-state index < -0.39 is 34.4 Å². The van der Waals surface area contributed by atoms with Crippen LogP contribution in [-0.4, -0.2) is 72.6 Å². The average molecular weight is 480 g/mol. The van der Waals surface area contributed by atoms with E-state index in [4.69, 9.17) is 9.47 Å². The Morgan fingerprint density at radius 1 is 0.879 bits per heavy atom. The second kappa shape index (κ2) is 10.8. The lowest BCUT2D eigenvalue weighted by Gasteiger charge is -2.19. The van der Waals surface area contributed by atoms with Crippen LogP contribution in [0.1, 0.15) is 20.7 Å². The number of nitrogens with one attached hydrogen (secondary N) is 1. The topological polar surface area (TPSA) is 138 Å². The molecular formula is C21H24N2O9S. The van der Waals surface area contributed by atoms with Crippen LogP contribution in [0.25, 0.3) is 0 Å². The zero-order chi connectivity index (χ0) is 24.8. The summed E-state index contributed by atoms with van der Waals surface area (Å²) in [5, 5.41) is 2.47. The number of nitrogens with zero attached hydrogens (tertiary/aromatic N) is 1. The Balaban J connectivity index is 2.29. The molecule has 2 aromatic rings. The summed E-state index contributed by atoms with van der Waals surface area (Å²) in [6, 6.07) is 8.08. The number of amides is 1. The maximum Gasteiger partial charge on any atom is 0.337 e. The summed E-state index contributed by atoms with van der Waals surface area (Å²) in [6.07, 6.45) is 0. The van der Waals surface area contributed by atoms with Crippen LogP contribution >= 0.6 is 0 Å². The molecule has 0 aliphatic carbocycles. The molecule has 1 amide bonds. The number of benzene rings is 2. The molecule has 1 N–H and O–H groups in total. The predicted molar refractivity (Wildman–Crippen MR) is 117 cm³/mol. The van der Waals surface area contributed by atoms with E-state index in [0.717, 1.165) is 18.5 Å². The minimum absolute atomic E-state index is 0.00204. The third kappa shape index (κ3) is 5.99. The maximum atomic E-state index is 13.0. The normalized spacial score (nSPS) is 11.0. The fraction of sp³-hybridized carbons (Fsp3) is 0.286. The lowest BCUT2D eigenvalue weighted by atomic mass is 10.1. The van der Waals surface area contributed by atoms with Gasteiger partial charge in [-0.15, -0.1) is 0 Å². The first-order valence-corrected chi connectivity index (χ1v) is 10.8. The number of likely N-dealkylation sites (N-methyl/N-ethyl adjacent to an activating group) is 1. The van der Waals surface area contributed by atoms with Gasteiger partial charge >= 0.3 is 11.9 Å². The number of ether oxygens (including phenoxy) is 4. The van der Waals surface area contributed by atoms with Crippen molar-refractivity contribution in [2.24, 2.45) is 0 Å². The van der Waals surface area contributed by atoms with Crippen LogP contribution in [0, 0.1) is 0 Å². The van der Waals surface area contributed by atoms with E-state index in [-0.39, 0.29) is 27.5 Å². The smallest absolute Gasteiger partial charge is 0.337 e. The van der Waals surface area contributed by atoms with Crippen molar-refractivity contribution in [3.8, 4) is 11.5 Å². The largest absolute Gasteiger partial charge is 0.497 e. The predicted octanol–water partition coefficient (Wildman–Crippen LogP) is 1.54. The van der Waals surface area contributed by atoms with Crippen molar-refractivity contribution < 1.29 is 41.7 Å². The number of sulfonamides is 1. The molecule has 11 nitrogen and oxygen atoms in total. The summed E-state index contributed by atoms with van der Waals surface area (Å²) < 4.78 is 46.4. The maximum absolute atomic E-state index is 13.0. The Morgan fingerprint density at radius 2 is 1.45 bits per heavy atom. The molecule has 2 aromatic carbocycles. The van der Waals surface area contributed by atoms with Crippen LogP contribution in [0.3, 0.4) is 0 Å². The van der Waals surface area contributed by atoms with Gasteiger partial charge in [0, 0.05) is 18.8 Å². The third-order valence-corrected chi connectivity index (χ3v) is 6.31.